The first-order chi connectivity index (χ1) is 27.5. The van der Waals surface area contributed by atoms with Gasteiger partial charge in [0.05, 0.1) is 19.9 Å². The summed E-state index contributed by atoms with van der Waals surface area (Å²) in [4.78, 5) is 45.9. The molecule has 0 amide bonds. The fourth-order valence-electron chi connectivity index (χ4n) is 6.28. The van der Waals surface area contributed by atoms with E-state index in [0.717, 1.165) is 70.6 Å². The van der Waals surface area contributed by atoms with Crippen LogP contribution in [-0.2, 0) is 23.8 Å². The van der Waals surface area contributed by atoms with E-state index in [-0.39, 0.29) is 49.7 Å². The van der Waals surface area contributed by atoms with Gasteiger partial charge in [0, 0.05) is 19.3 Å². The number of esters is 2. The second-order valence-electron chi connectivity index (χ2n) is 14.7. The Balaban J connectivity index is 1.61. The summed E-state index contributed by atoms with van der Waals surface area (Å²) in [7, 11) is 0. The zero-order chi connectivity index (χ0) is 40.3. The smallest absolute Gasteiger partial charge is 0.309 e. The number of carbonyl (C=O) groups excluding carboxylic acids is 2. The number of nitrogens with zero attached hydrogens (tertiary/aromatic N) is 2. The van der Waals surface area contributed by atoms with Crippen LogP contribution in [0.1, 0.15) is 174 Å². The summed E-state index contributed by atoms with van der Waals surface area (Å²) < 4.78 is 17.2. The van der Waals surface area contributed by atoms with Crippen molar-refractivity contribution < 1.29 is 23.8 Å². The minimum absolute atomic E-state index is 0.0475. The molecule has 1 aliphatic heterocycles. The fourth-order valence-corrected chi connectivity index (χ4v) is 6.28. The van der Waals surface area contributed by atoms with E-state index in [1.54, 1.807) is 4.90 Å². The van der Waals surface area contributed by atoms with E-state index in [1.807, 2.05) is 0 Å². The number of nitrogen functional groups attached to an aromatic ring is 1. The summed E-state index contributed by atoms with van der Waals surface area (Å²) in [6.45, 7) is 4.98. The molecule has 0 spiro atoms. The van der Waals surface area contributed by atoms with Gasteiger partial charge in [-0.1, -0.05) is 127 Å². The van der Waals surface area contributed by atoms with Gasteiger partial charge in [0.25, 0.3) is 12.0 Å². The summed E-state index contributed by atoms with van der Waals surface area (Å²) in [6, 6.07) is 0. The van der Waals surface area contributed by atoms with Crippen LogP contribution in [0, 0.1) is 0 Å². The Morgan fingerprint density at radius 3 is 1.73 bits per heavy atom. The molecule has 11 heteroatoms. The van der Waals surface area contributed by atoms with Gasteiger partial charge in [-0.05, 0) is 77.0 Å². The number of hydrogen-bond donors (Lipinski definition) is 3. The maximum Gasteiger partial charge on any atom is 0.309 e. The monoisotopic (exact) mass is 782 g/mol. The van der Waals surface area contributed by atoms with E-state index in [9.17, 15) is 14.4 Å². The minimum Gasteiger partial charge on any atom is -0.466 e. The third-order valence-electron chi connectivity index (χ3n) is 9.58. The number of nitrogens with one attached hydrogen (secondary N) is 2. The number of hydrogen-bond acceptors (Lipinski definition) is 10. The van der Waals surface area contributed by atoms with E-state index >= 15 is 0 Å². The Kier molecular flexibility index (Phi) is 28.7. The molecule has 0 radical (unpaired) electrons. The van der Waals surface area contributed by atoms with Crippen LogP contribution < -0.4 is 21.5 Å². The SMILES string of the molecule is CCCCCC=CCC=CCCCCCCCC(=O)OCCCOC(OC(=O)CCCCCCCC=CCC=CCCCCC)N1CNc2c1nc(N)[nH]c2=O. The van der Waals surface area contributed by atoms with Crippen molar-refractivity contribution in [3.8, 4) is 0 Å². The van der Waals surface area contributed by atoms with Crippen molar-refractivity contribution in [3.05, 3.63) is 59.0 Å². The van der Waals surface area contributed by atoms with Crippen LogP contribution in [0.3, 0.4) is 0 Å². The molecular weight excluding hydrogens is 707 g/mol. The third kappa shape index (κ3) is 23.9. The molecule has 2 rings (SSSR count). The first-order valence-corrected chi connectivity index (χ1v) is 21.9. The highest BCUT2D eigenvalue weighted by atomic mass is 16.7. The first-order valence-electron chi connectivity index (χ1n) is 21.9. The number of unbranched alkanes of at least 4 members (excludes halogenated alkanes) is 16. The number of anilines is 3. The average Bonchev–Trinajstić information content (AvgIpc) is 3.61. The molecule has 0 saturated carbocycles. The zero-order valence-electron chi connectivity index (χ0n) is 34.9. The summed E-state index contributed by atoms with van der Waals surface area (Å²) in [5.74, 6) is -0.401. The van der Waals surface area contributed by atoms with Crippen LogP contribution in [0.15, 0.2) is 53.4 Å². The predicted molar refractivity (Wildman–Crippen MR) is 230 cm³/mol. The van der Waals surface area contributed by atoms with E-state index in [0.29, 0.717) is 19.3 Å². The van der Waals surface area contributed by atoms with Crippen LogP contribution in [0.2, 0.25) is 0 Å². The van der Waals surface area contributed by atoms with Gasteiger partial charge in [-0.25, -0.2) is 0 Å². The van der Waals surface area contributed by atoms with E-state index in [2.05, 4.69) is 77.7 Å². The average molecular weight is 782 g/mol. The molecule has 1 aromatic rings. The number of aromatic nitrogens is 2. The Bertz CT molecular complexity index is 1360. The molecule has 4 N–H and O–H groups in total. The highest BCUT2D eigenvalue weighted by Gasteiger charge is 2.32. The van der Waals surface area contributed by atoms with Gasteiger partial charge in [-0.15, -0.1) is 0 Å². The summed E-state index contributed by atoms with van der Waals surface area (Å²) in [5.41, 5.74) is 5.63. The number of ether oxygens (including phenoxy) is 3. The topological polar surface area (TPSA) is 149 Å². The number of carbonyl (C=O) groups is 2. The van der Waals surface area contributed by atoms with Gasteiger partial charge < -0.3 is 25.3 Å². The lowest BCUT2D eigenvalue weighted by Crippen LogP contribution is -2.41. The van der Waals surface area contributed by atoms with E-state index in [1.165, 1.54) is 64.2 Å². The lowest BCUT2D eigenvalue weighted by atomic mass is 10.1. The molecule has 1 atom stereocenters. The van der Waals surface area contributed by atoms with Crippen molar-refractivity contribution in [2.45, 2.75) is 181 Å². The normalized spacial score (nSPS) is 13.4. The highest BCUT2D eigenvalue weighted by molar-refractivity contribution is 5.73. The van der Waals surface area contributed by atoms with Gasteiger partial charge in [0.15, 0.2) is 5.82 Å². The Morgan fingerprint density at radius 1 is 0.679 bits per heavy atom. The van der Waals surface area contributed by atoms with Crippen LogP contribution in [-0.4, -0.2) is 48.2 Å². The lowest BCUT2D eigenvalue weighted by Gasteiger charge is -2.27. The molecule has 316 valence electrons. The molecule has 0 bridgehead atoms. The van der Waals surface area contributed by atoms with Gasteiger partial charge in [-0.3, -0.25) is 24.3 Å². The van der Waals surface area contributed by atoms with Gasteiger partial charge in [0.2, 0.25) is 5.95 Å². The van der Waals surface area contributed by atoms with Crippen molar-refractivity contribution in [3.63, 3.8) is 0 Å². The standard InChI is InChI=1S/C45H75N5O6/c1-3-5-7-9-11-13-15-17-19-21-23-25-27-29-31-34-39(51)54-36-33-37-55-45(50-38-47-41-42(50)48-44(46)49-43(41)53)56-40(52)35-32-30-28-26-24-22-20-18-16-14-12-10-8-6-4-2/h11-14,17-20,45,47H,3-10,15-16,21-38H2,1-2H3,(H3,46,48,49,53). The number of aromatic amines is 1. The Hall–Kier alpha value is -3.86. The van der Waals surface area contributed by atoms with Gasteiger partial charge in [0.1, 0.15) is 5.69 Å². The maximum absolute atomic E-state index is 12.9. The van der Waals surface area contributed by atoms with Gasteiger partial charge >= 0.3 is 11.9 Å². The molecule has 0 saturated heterocycles. The fraction of sp³-hybridized carbons (Fsp3) is 0.689. The zero-order valence-corrected chi connectivity index (χ0v) is 34.9. The van der Waals surface area contributed by atoms with Crippen molar-refractivity contribution >= 4 is 29.4 Å². The van der Waals surface area contributed by atoms with Crippen molar-refractivity contribution in [1.82, 2.24) is 9.97 Å². The van der Waals surface area contributed by atoms with Crippen LogP contribution in [0.25, 0.3) is 0 Å². The molecule has 2 heterocycles. The van der Waals surface area contributed by atoms with Gasteiger partial charge in [-0.2, -0.15) is 4.98 Å². The third-order valence-corrected chi connectivity index (χ3v) is 9.58. The number of allylic oxidation sites excluding steroid dienone is 8. The second-order valence-corrected chi connectivity index (χ2v) is 14.7. The summed E-state index contributed by atoms with van der Waals surface area (Å²) in [6.07, 6.45) is 42.6. The number of H-pyrrole nitrogens is 1. The quantitative estimate of drug-likeness (QED) is 0.0263. The largest absolute Gasteiger partial charge is 0.466 e. The molecular formula is C45H75N5O6. The Labute approximate surface area is 338 Å². The second kappa shape index (κ2) is 33.3. The maximum atomic E-state index is 12.9. The van der Waals surface area contributed by atoms with Crippen molar-refractivity contribution in [1.29, 1.82) is 0 Å². The Morgan fingerprint density at radius 2 is 1.18 bits per heavy atom. The molecule has 0 aliphatic carbocycles. The van der Waals surface area contributed by atoms with Crippen LogP contribution in [0.4, 0.5) is 17.5 Å². The summed E-state index contributed by atoms with van der Waals surface area (Å²) in [5, 5.41) is 2.98. The van der Waals surface area contributed by atoms with Crippen molar-refractivity contribution in [2.75, 3.05) is 35.8 Å². The molecule has 56 heavy (non-hydrogen) atoms. The molecule has 0 aromatic carbocycles. The summed E-state index contributed by atoms with van der Waals surface area (Å²) >= 11 is 0. The van der Waals surface area contributed by atoms with E-state index < -0.39 is 17.9 Å². The number of nitrogens with two attached hydrogens (primary N) is 1. The highest BCUT2D eigenvalue weighted by Crippen LogP contribution is 2.28. The van der Waals surface area contributed by atoms with Crippen LogP contribution >= 0.6 is 0 Å². The van der Waals surface area contributed by atoms with Crippen molar-refractivity contribution in [2.24, 2.45) is 0 Å². The number of rotatable bonds is 35. The molecule has 1 unspecified atom stereocenters. The minimum atomic E-state index is -1.12. The molecule has 11 nitrogen and oxygen atoms in total. The lowest BCUT2D eigenvalue weighted by molar-refractivity contribution is -0.179. The van der Waals surface area contributed by atoms with Crippen LogP contribution in [0.5, 0.6) is 0 Å². The predicted octanol–water partition coefficient (Wildman–Crippen LogP) is 10.9. The molecule has 1 aromatic heterocycles. The molecule has 0 fully saturated rings. The van der Waals surface area contributed by atoms with E-state index in [4.69, 9.17) is 19.9 Å². The number of fused-ring (bicyclic) bond motifs is 1. The molecule has 1 aliphatic rings. The first kappa shape index (κ1) is 48.3.